The van der Waals surface area contributed by atoms with E-state index in [0.29, 0.717) is 18.7 Å². The summed E-state index contributed by atoms with van der Waals surface area (Å²) in [6.07, 6.45) is 0.533. The molecule has 1 amide bonds. The number of nitrogens with two attached hydrogens (primary N) is 1. The van der Waals surface area contributed by atoms with Gasteiger partial charge in [0.05, 0.1) is 12.6 Å². The minimum absolute atomic E-state index is 0.172. The zero-order chi connectivity index (χ0) is 12.8. The molecule has 0 saturated carbocycles. The van der Waals surface area contributed by atoms with Gasteiger partial charge in [-0.2, -0.15) is 0 Å². The molecule has 3 N–H and O–H groups in total. The summed E-state index contributed by atoms with van der Waals surface area (Å²) < 4.78 is 18.5. The molecule has 0 aliphatic rings. The molecule has 1 aromatic carbocycles. The van der Waals surface area contributed by atoms with E-state index < -0.39 is 11.9 Å². The van der Waals surface area contributed by atoms with E-state index >= 15 is 0 Å². The lowest BCUT2D eigenvalue weighted by Crippen LogP contribution is -2.34. The summed E-state index contributed by atoms with van der Waals surface area (Å²) in [5.74, 6) is -0.656. The molecule has 0 spiro atoms. The number of rotatable bonds is 5. The molecule has 5 heteroatoms. The number of nitrogens with one attached hydrogen (secondary N) is 1. The largest absolute Gasteiger partial charge is 0.491 e. The van der Waals surface area contributed by atoms with Crippen LogP contribution in [0.5, 0.6) is 5.75 Å². The zero-order valence-corrected chi connectivity index (χ0v) is 10.00. The summed E-state index contributed by atoms with van der Waals surface area (Å²) >= 11 is 0. The molecule has 17 heavy (non-hydrogen) atoms. The molecular formula is C12H17FN2O2. The maximum atomic E-state index is 13.5. The molecule has 0 heterocycles. The van der Waals surface area contributed by atoms with Crippen molar-refractivity contribution in [3.05, 3.63) is 24.0 Å². The number of anilines is 1. The molecule has 0 aliphatic heterocycles. The third kappa shape index (κ3) is 3.71. The summed E-state index contributed by atoms with van der Waals surface area (Å²) in [4.78, 5) is 11.5. The van der Waals surface area contributed by atoms with Crippen molar-refractivity contribution in [1.29, 1.82) is 0 Å². The van der Waals surface area contributed by atoms with Crippen molar-refractivity contribution in [2.24, 2.45) is 5.73 Å². The molecule has 1 rings (SSSR count). The first-order valence-electron chi connectivity index (χ1n) is 5.57. The SMILES string of the molecule is CCOc1ccc(NC(=O)C(N)CC)cc1F. The van der Waals surface area contributed by atoms with Crippen molar-refractivity contribution < 1.29 is 13.9 Å². The third-order valence-electron chi connectivity index (χ3n) is 2.28. The van der Waals surface area contributed by atoms with Crippen molar-refractivity contribution in [3.8, 4) is 5.75 Å². The van der Waals surface area contributed by atoms with E-state index in [2.05, 4.69) is 5.32 Å². The molecule has 0 aromatic heterocycles. The summed E-state index contributed by atoms with van der Waals surface area (Å²) in [5, 5.41) is 2.54. The Labute approximate surface area is 100.0 Å². The number of amides is 1. The number of ether oxygens (including phenoxy) is 1. The second kappa shape index (κ2) is 6.20. The van der Waals surface area contributed by atoms with Crippen molar-refractivity contribution >= 4 is 11.6 Å². The lowest BCUT2D eigenvalue weighted by molar-refractivity contribution is -0.117. The van der Waals surface area contributed by atoms with E-state index in [9.17, 15) is 9.18 Å². The Morgan fingerprint density at radius 1 is 1.53 bits per heavy atom. The van der Waals surface area contributed by atoms with Gasteiger partial charge in [-0.1, -0.05) is 6.92 Å². The highest BCUT2D eigenvalue weighted by atomic mass is 19.1. The Kier molecular flexibility index (Phi) is 4.90. The van der Waals surface area contributed by atoms with Crippen LogP contribution in [0.15, 0.2) is 18.2 Å². The van der Waals surface area contributed by atoms with E-state index in [1.807, 2.05) is 6.92 Å². The quantitative estimate of drug-likeness (QED) is 0.826. The van der Waals surface area contributed by atoms with Crippen LogP contribution in [0.1, 0.15) is 20.3 Å². The van der Waals surface area contributed by atoms with Gasteiger partial charge in [-0.3, -0.25) is 4.79 Å². The van der Waals surface area contributed by atoms with E-state index in [1.54, 1.807) is 13.0 Å². The first-order valence-corrected chi connectivity index (χ1v) is 5.57. The lowest BCUT2D eigenvalue weighted by Gasteiger charge is -2.11. The molecule has 4 nitrogen and oxygen atoms in total. The average molecular weight is 240 g/mol. The Morgan fingerprint density at radius 3 is 2.76 bits per heavy atom. The highest BCUT2D eigenvalue weighted by Gasteiger charge is 2.12. The molecule has 1 aromatic rings. The van der Waals surface area contributed by atoms with Gasteiger partial charge in [0.2, 0.25) is 5.91 Å². The van der Waals surface area contributed by atoms with Gasteiger partial charge in [-0.15, -0.1) is 0 Å². The van der Waals surface area contributed by atoms with Crippen LogP contribution in [0.4, 0.5) is 10.1 Å². The fourth-order valence-corrected chi connectivity index (χ4v) is 1.27. The fraction of sp³-hybridized carbons (Fsp3) is 0.417. The maximum Gasteiger partial charge on any atom is 0.241 e. The van der Waals surface area contributed by atoms with Gasteiger partial charge in [0.25, 0.3) is 0 Å². The molecule has 0 fully saturated rings. The molecule has 94 valence electrons. The highest BCUT2D eigenvalue weighted by molar-refractivity contribution is 5.94. The monoisotopic (exact) mass is 240 g/mol. The van der Waals surface area contributed by atoms with Gasteiger partial charge in [-0.25, -0.2) is 4.39 Å². The van der Waals surface area contributed by atoms with Gasteiger partial charge in [0, 0.05) is 11.8 Å². The molecule has 0 radical (unpaired) electrons. The van der Waals surface area contributed by atoms with Crippen LogP contribution in [0.25, 0.3) is 0 Å². The molecule has 1 unspecified atom stereocenters. The Morgan fingerprint density at radius 2 is 2.24 bits per heavy atom. The van der Waals surface area contributed by atoms with Gasteiger partial charge in [-0.05, 0) is 25.5 Å². The van der Waals surface area contributed by atoms with Crippen LogP contribution in [0, 0.1) is 5.82 Å². The summed E-state index contributed by atoms with van der Waals surface area (Å²) in [6, 6.07) is 3.69. The van der Waals surface area contributed by atoms with E-state index in [0.717, 1.165) is 0 Å². The Hall–Kier alpha value is -1.62. The number of carbonyl (C=O) groups excluding carboxylic acids is 1. The topological polar surface area (TPSA) is 64.3 Å². The predicted molar refractivity (Wildman–Crippen MR) is 64.5 cm³/mol. The molecule has 0 saturated heterocycles. The first kappa shape index (κ1) is 13.4. The number of carbonyl (C=O) groups is 1. The van der Waals surface area contributed by atoms with E-state index in [-0.39, 0.29) is 11.7 Å². The average Bonchev–Trinajstić information content (AvgIpc) is 2.31. The second-order valence-corrected chi connectivity index (χ2v) is 3.58. The minimum Gasteiger partial charge on any atom is -0.491 e. The summed E-state index contributed by atoms with van der Waals surface area (Å²) in [6.45, 7) is 3.97. The molecule has 1 atom stereocenters. The van der Waals surface area contributed by atoms with Crippen LogP contribution in [0.2, 0.25) is 0 Å². The highest BCUT2D eigenvalue weighted by Crippen LogP contribution is 2.21. The molecule has 0 bridgehead atoms. The van der Waals surface area contributed by atoms with Crippen LogP contribution in [0.3, 0.4) is 0 Å². The standard InChI is InChI=1S/C12H17FN2O2/c1-3-10(14)12(16)15-8-5-6-11(17-4-2)9(13)7-8/h5-7,10H,3-4,14H2,1-2H3,(H,15,16). The first-order chi connectivity index (χ1) is 8.08. The fourth-order valence-electron chi connectivity index (χ4n) is 1.27. The Balaban J connectivity index is 2.73. The number of benzene rings is 1. The van der Waals surface area contributed by atoms with E-state index in [4.69, 9.17) is 10.5 Å². The van der Waals surface area contributed by atoms with Gasteiger partial charge >= 0.3 is 0 Å². The normalized spacial score (nSPS) is 12.0. The molecule has 0 aliphatic carbocycles. The number of halogens is 1. The van der Waals surface area contributed by atoms with Crippen molar-refractivity contribution in [1.82, 2.24) is 0 Å². The van der Waals surface area contributed by atoms with Gasteiger partial charge in [0.15, 0.2) is 11.6 Å². The van der Waals surface area contributed by atoms with Crippen molar-refractivity contribution in [3.63, 3.8) is 0 Å². The van der Waals surface area contributed by atoms with Crippen LogP contribution >= 0.6 is 0 Å². The zero-order valence-electron chi connectivity index (χ0n) is 10.00. The maximum absolute atomic E-state index is 13.5. The molecular weight excluding hydrogens is 223 g/mol. The predicted octanol–water partition coefficient (Wildman–Crippen LogP) is 1.90. The number of hydrogen-bond acceptors (Lipinski definition) is 3. The van der Waals surface area contributed by atoms with E-state index in [1.165, 1.54) is 12.1 Å². The van der Waals surface area contributed by atoms with Crippen LogP contribution in [-0.4, -0.2) is 18.6 Å². The van der Waals surface area contributed by atoms with Crippen molar-refractivity contribution in [2.45, 2.75) is 26.3 Å². The van der Waals surface area contributed by atoms with Crippen molar-refractivity contribution in [2.75, 3.05) is 11.9 Å². The van der Waals surface area contributed by atoms with Gasteiger partial charge in [0.1, 0.15) is 0 Å². The number of hydrogen-bond donors (Lipinski definition) is 2. The summed E-state index contributed by atoms with van der Waals surface area (Å²) in [5.41, 5.74) is 5.92. The van der Waals surface area contributed by atoms with Gasteiger partial charge < -0.3 is 15.8 Å². The summed E-state index contributed by atoms with van der Waals surface area (Å²) in [7, 11) is 0. The Bertz CT molecular complexity index is 396. The smallest absolute Gasteiger partial charge is 0.241 e. The van der Waals surface area contributed by atoms with Crippen LogP contribution < -0.4 is 15.8 Å². The van der Waals surface area contributed by atoms with Crippen LogP contribution in [-0.2, 0) is 4.79 Å². The minimum atomic E-state index is -0.579. The lowest BCUT2D eigenvalue weighted by atomic mass is 10.2. The third-order valence-corrected chi connectivity index (χ3v) is 2.28. The second-order valence-electron chi connectivity index (χ2n) is 3.58.